The highest BCUT2D eigenvalue weighted by Gasteiger charge is 2.30. The molecule has 0 bridgehead atoms. The molecule has 0 atom stereocenters. The molecule has 0 saturated heterocycles. The first kappa shape index (κ1) is 11.1. The van der Waals surface area contributed by atoms with Gasteiger partial charge in [-0.25, -0.2) is 0 Å². The summed E-state index contributed by atoms with van der Waals surface area (Å²) in [5, 5.41) is 0. The van der Waals surface area contributed by atoms with E-state index in [1.165, 1.54) is 6.08 Å². The fourth-order valence-corrected chi connectivity index (χ4v) is 0.555. The molecule has 0 aromatic carbocycles. The van der Waals surface area contributed by atoms with Crippen LogP contribution < -0.4 is 0 Å². The minimum absolute atomic E-state index is 0.373. The molecule has 0 aromatic heterocycles. The molecule has 0 spiro atoms. The number of alkyl halides is 3. The summed E-state index contributed by atoms with van der Waals surface area (Å²) in [5.41, 5.74) is 0.796. The second kappa shape index (κ2) is 4.18. The molecule has 4 heteroatoms. The van der Waals surface area contributed by atoms with E-state index >= 15 is 0 Å². The lowest BCUT2D eigenvalue weighted by Crippen LogP contribution is -2.11. The quantitative estimate of drug-likeness (QED) is 0.477. The van der Waals surface area contributed by atoms with Gasteiger partial charge in [0.15, 0.2) is 0 Å². The van der Waals surface area contributed by atoms with Crippen LogP contribution in [0, 0.1) is 0 Å². The third-order valence-electron chi connectivity index (χ3n) is 1.21. The molecule has 70 valence electrons. The van der Waals surface area contributed by atoms with E-state index in [1.54, 1.807) is 6.92 Å². The lowest BCUT2D eigenvalue weighted by Gasteiger charge is -2.08. The van der Waals surface area contributed by atoms with Crippen molar-refractivity contribution in [3.05, 3.63) is 24.0 Å². The summed E-state index contributed by atoms with van der Waals surface area (Å²) in [4.78, 5) is 0. The van der Waals surface area contributed by atoms with Gasteiger partial charge in [0.05, 0.1) is 0 Å². The smallest absolute Gasteiger partial charge is 0.406 e. The van der Waals surface area contributed by atoms with Crippen LogP contribution in [-0.2, 0) is 4.74 Å². The van der Waals surface area contributed by atoms with E-state index in [-0.39, 0.29) is 5.76 Å². The Morgan fingerprint density at radius 1 is 1.50 bits per heavy atom. The third kappa shape index (κ3) is 5.82. The summed E-state index contributed by atoms with van der Waals surface area (Å²) in [6.07, 6.45) is -2.69. The first-order valence-electron chi connectivity index (χ1n) is 3.47. The van der Waals surface area contributed by atoms with E-state index in [1.807, 2.05) is 6.92 Å². The van der Waals surface area contributed by atoms with Crippen molar-refractivity contribution in [3.63, 3.8) is 0 Å². The summed E-state index contributed by atoms with van der Waals surface area (Å²) in [5.74, 6) is -0.373. The number of ether oxygens (including phenoxy) is 1. The number of rotatable bonds is 3. The molecule has 0 aliphatic rings. The van der Waals surface area contributed by atoms with Gasteiger partial charge in [-0.1, -0.05) is 19.1 Å². The monoisotopic (exact) mass is 180 g/mol. The molecule has 0 aromatic rings. The average molecular weight is 180 g/mol. The Kier molecular flexibility index (Phi) is 3.86. The molecule has 0 saturated carbocycles. The van der Waals surface area contributed by atoms with Crippen LogP contribution >= 0.6 is 0 Å². The van der Waals surface area contributed by atoms with Crippen molar-refractivity contribution in [3.8, 4) is 0 Å². The van der Waals surface area contributed by atoms with E-state index in [9.17, 15) is 13.2 Å². The summed E-state index contributed by atoms with van der Waals surface area (Å²) in [6.45, 7) is 6.66. The largest absolute Gasteiger partial charge is 0.573 e. The second-order valence-electron chi connectivity index (χ2n) is 2.36. The van der Waals surface area contributed by atoms with Gasteiger partial charge in [-0.2, -0.15) is 0 Å². The minimum atomic E-state index is -4.64. The minimum Gasteiger partial charge on any atom is -0.406 e. The highest BCUT2D eigenvalue weighted by Crippen LogP contribution is 2.21. The summed E-state index contributed by atoms with van der Waals surface area (Å²) < 4.78 is 38.2. The van der Waals surface area contributed by atoms with Crippen molar-refractivity contribution in [2.45, 2.75) is 26.6 Å². The zero-order valence-corrected chi connectivity index (χ0v) is 7.03. The van der Waals surface area contributed by atoms with Gasteiger partial charge in [0.1, 0.15) is 5.76 Å². The third-order valence-corrected chi connectivity index (χ3v) is 1.21. The highest BCUT2D eigenvalue weighted by atomic mass is 19.4. The molecule has 0 amide bonds. The van der Waals surface area contributed by atoms with Gasteiger partial charge in [-0.05, 0) is 19.4 Å². The Bertz CT molecular complexity index is 191. The van der Waals surface area contributed by atoms with Crippen molar-refractivity contribution >= 4 is 0 Å². The first-order chi connectivity index (χ1) is 5.35. The van der Waals surface area contributed by atoms with Crippen LogP contribution in [0.15, 0.2) is 24.0 Å². The van der Waals surface area contributed by atoms with Crippen molar-refractivity contribution in [1.29, 1.82) is 0 Å². The van der Waals surface area contributed by atoms with Crippen LogP contribution in [0.1, 0.15) is 20.3 Å². The van der Waals surface area contributed by atoms with Crippen LogP contribution in [0.25, 0.3) is 0 Å². The SMILES string of the molecule is C=C(/C=C(\C)CC)OC(F)(F)F. The average Bonchev–Trinajstić information content (AvgIpc) is 1.82. The second-order valence-corrected chi connectivity index (χ2v) is 2.36. The lowest BCUT2D eigenvalue weighted by molar-refractivity contribution is -0.303. The molecule has 0 aliphatic carbocycles. The Hall–Kier alpha value is -0.930. The van der Waals surface area contributed by atoms with Gasteiger partial charge in [-0.15, -0.1) is 13.2 Å². The first-order valence-corrected chi connectivity index (χ1v) is 3.47. The number of allylic oxidation sites excluding steroid dienone is 2. The van der Waals surface area contributed by atoms with Crippen LogP contribution in [0.3, 0.4) is 0 Å². The summed E-state index contributed by atoms with van der Waals surface area (Å²) in [6, 6.07) is 0. The molecule has 12 heavy (non-hydrogen) atoms. The Morgan fingerprint density at radius 2 is 2.00 bits per heavy atom. The molecule has 0 unspecified atom stereocenters. The highest BCUT2D eigenvalue weighted by molar-refractivity contribution is 5.13. The van der Waals surface area contributed by atoms with Crippen molar-refractivity contribution in [2.75, 3.05) is 0 Å². The molecule has 0 fully saturated rings. The Balaban J connectivity index is 4.08. The fraction of sp³-hybridized carbons (Fsp3) is 0.500. The van der Waals surface area contributed by atoms with Crippen molar-refractivity contribution in [2.24, 2.45) is 0 Å². The summed E-state index contributed by atoms with van der Waals surface area (Å²) >= 11 is 0. The maximum atomic E-state index is 11.5. The normalized spacial score (nSPS) is 12.9. The molecule has 0 rings (SSSR count). The fourth-order valence-electron chi connectivity index (χ4n) is 0.555. The lowest BCUT2D eigenvalue weighted by atomic mass is 10.2. The molecule has 0 N–H and O–H groups in total. The zero-order valence-electron chi connectivity index (χ0n) is 7.03. The van der Waals surface area contributed by atoms with Gasteiger partial charge < -0.3 is 4.74 Å². The topological polar surface area (TPSA) is 9.23 Å². The zero-order chi connectivity index (χ0) is 9.78. The number of hydrogen-bond donors (Lipinski definition) is 0. The van der Waals surface area contributed by atoms with Gasteiger partial charge in [0.25, 0.3) is 0 Å². The molecule has 0 radical (unpaired) electrons. The molecular formula is C8H11F3O. The van der Waals surface area contributed by atoms with E-state index in [4.69, 9.17) is 0 Å². The predicted molar refractivity (Wildman–Crippen MR) is 40.3 cm³/mol. The van der Waals surface area contributed by atoms with Crippen LogP contribution in [0.5, 0.6) is 0 Å². The number of halogens is 3. The van der Waals surface area contributed by atoms with Gasteiger partial charge in [0, 0.05) is 0 Å². The van der Waals surface area contributed by atoms with Crippen LogP contribution in [-0.4, -0.2) is 6.36 Å². The van der Waals surface area contributed by atoms with Crippen molar-refractivity contribution in [1.82, 2.24) is 0 Å². The standard InChI is InChI=1S/C8H11F3O/c1-4-6(2)5-7(3)12-8(9,10)11/h5H,3-4H2,1-2H3/b6-5+. The predicted octanol–water partition coefficient (Wildman–Crippen LogP) is 3.39. The maximum absolute atomic E-state index is 11.5. The van der Waals surface area contributed by atoms with Crippen LogP contribution in [0.2, 0.25) is 0 Å². The summed E-state index contributed by atoms with van der Waals surface area (Å²) in [7, 11) is 0. The van der Waals surface area contributed by atoms with Gasteiger partial charge in [0.2, 0.25) is 0 Å². The van der Waals surface area contributed by atoms with Gasteiger partial charge >= 0.3 is 6.36 Å². The Morgan fingerprint density at radius 3 is 2.33 bits per heavy atom. The number of hydrogen-bond acceptors (Lipinski definition) is 1. The Labute approximate surface area is 69.5 Å². The van der Waals surface area contributed by atoms with Crippen molar-refractivity contribution < 1.29 is 17.9 Å². The molecule has 0 heterocycles. The van der Waals surface area contributed by atoms with E-state index in [0.717, 1.165) is 5.57 Å². The van der Waals surface area contributed by atoms with E-state index in [2.05, 4.69) is 11.3 Å². The molecule has 1 nitrogen and oxygen atoms in total. The van der Waals surface area contributed by atoms with E-state index < -0.39 is 6.36 Å². The maximum Gasteiger partial charge on any atom is 0.573 e. The molecular weight excluding hydrogens is 169 g/mol. The van der Waals surface area contributed by atoms with Crippen LogP contribution in [0.4, 0.5) is 13.2 Å². The van der Waals surface area contributed by atoms with E-state index in [0.29, 0.717) is 6.42 Å². The van der Waals surface area contributed by atoms with Gasteiger partial charge in [-0.3, -0.25) is 0 Å². The molecule has 0 aliphatic heterocycles.